The van der Waals surface area contributed by atoms with Crippen LogP contribution in [-0.2, 0) is 15.4 Å². The average Bonchev–Trinajstić information content (AvgIpc) is 3.17. The summed E-state index contributed by atoms with van der Waals surface area (Å²) in [7, 11) is -2.97. The number of thiocarbonyl (C=S) groups is 1. The van der Waals surface area contributed by atoms with Gasteiger partial charge < -0.3 is 15.8 Å². The van der Waals surface area contributed by atoms with Crippen LogP contribution in [0.2, 0.25) is 0 Å². The normalized spacial score (nSPS) is 11.7. The number of sulfonamides is 1. The van der Waals surface area contributed by atoms with E-state index in [1.807, 2.05) is 36.7 Å². The summed E-state index contributed by atoms with van der Waals surface area (Å²) in [6.45, 7) is 5.98. The van der Waals surface area contributed by atoms with E-state index in [0.717, 1.165) is 11.1 Å². The van der Waals surface area contributed by atoms with Gasteiger partial charge >= 0.3 is 6.03 Å². The molecule has 28 heavy (non-hydrogen) atoms. The molecule has 2 amide bonds. The van der Waals surface area contributed by atoms with Crippen LogP contribution in [0.4, 0.5) is 4.79 Å². The molecule has 0 aliphatic rings. The van der Waals surface area contributed by atoms with Crippen molar-refractivity contribution in [1.82, 2.24) is 9.62 Å². The Hall–Kier alpha value is -2.17. The van der Waals surface area contributed by atoms with Gasteiger partial charge in [-0.25, -0.2) is 13.2 Å². The van der Waals surface area contributed by atoms with Gasteiger partial charge in [-0.1, -0.05) is 19.9 Å². The van der Waals surface area contributed by atoms with Crippen molar-refractivity contribution < 1.29 is 17.9 Å². The summed E-state index contributed by atoms with van der Waals surface area (Å²) in [5.74, 6) is 0.123. The molecule has 2 rings (SSSR count). The van der Waals surface area contributed by atoms with Gasteiger partial charge in [0.2, 0.25) is 0 Å². The van der Waals surface area contributed by atoms with Crippen molar-refractivity contribution in [3.05, 3.63) is 46.2 Å². The molecular formula is C18H23N3O4S3. The molecule has 0 unspecified atom stereocenters. The van der Waals surface area contributed by atoms with Crippen LogP contribution in [-0.4, -0.2) is 37.5 Å². The fourth-order valence-electron chi connectivity index (χ4n) is 2.69. The predicted molar refractivity (Wildman–Crippen MR) is 114 cm³/mol. The van der Waals surface area contributed by atoms with E-state index in [1.54, 1.807) is 24.3 Å². The zero-order valence-corrected chi connectivity index (χ0v) is 18.5. The largest absolute Gasteiger partial charge is 0.492 e. The van der Waals surface area contributed by atoms with Crippen LogP contribution < -0.4 is 15.8 Å². The lowest BCUT2D eigenvalue weighted by atomic mass is 9.79. The van der Waals surface area contributed by atoms with E-state index < -0.39 is 21.5 Å². The number of rotatable bonds is 6. The minimum Gasteiger partial charge on any atom is -0.492 e. The molecule has 3 N–H and O–H groups in total. The van der Waals surface area contributed by atoms with Crippen molar-refractivity contribution in [2.45, 2.75) is 31.1 Å². The van der Waals surface area contributed by atoms with E-state index in [1.165, 1.54) is 13.1 Å². The van der Waals surface area contributed by atoms with Crippen molar-refractivity contribution in [1.29, 1.82) is 0 Å². The van der Waals surface area contributed by atoms with E-state index in [4.69, 9.17) is 22.7 Å². The van der Waals surface area contributed by atoms with Crippen molar-refractivity contribution >= 4 is 44.7 Å². The standard InChI is InChI=1S/C18H23N3O4S3/c1-5-25-14-7-6-12(18(2,3)13-8-9-27-11-13)10-15(14)28(23,24)21(16(19)22)17(26)20-4/h6-11H,5H2,1-4H3,(H2,19,22)(H,20,26). The SMILES string of the molecule is CCOc1ccc(C(C)(C)c2ccsc2)cc1S(=O)(=O)N(C(N)=O)C(=S)NC. The molecule has 2 aromatic rings. The first-order valence-electron chi connectivity index (χ1n) is 8.43. The molecule has 152 valence electrons. The van der Waals surface area contributed by atoms with Gasteiger partial charge in [-0.05, 0) is 59.2 Å². The first-order valence-corrected chi connectivity index (χ1v) is 11.2. The van der Waals surface area contributed by atoms with Crippen LogP contribution >= 0.6 is 23.6 Å². The Balaban J connectivity index is 2.70. The Labute approximate surface area is 174 Å². The number of primary amides is 1. The molecule has 0 aliphatic heterocycles. The second kappa shape index (κ2) is 8.46. The molecule has 0 spiro atoms. The maximum Gasteiger partial charge on any atom is 0.335 e. The molecule has 0 atom stereocenters. The first-order chi connectivity index (χ1) is 13.1. The van der Waals surface area contributed by atoms with Gasteiger partial charge in [0.15, 0.2) is 5.11 Å². The van der Waals surface area contributed by atoms with Crippen LogP contribution in [0.15, 0.2) is 39.9 Å². The molecule has 7 nitrogen and oxygen atoms in total. The lowest BCUT2D eigenvalue weighted by Gasteiger charge is -2.27. The molecule has 0 radical (unpaired) electrons. The number of ether oxygens (including phenoxy) is 1. The van der Waals surface area contributed by atoms with Crippen LogP contribution in [0, 0.1) is 0 Å². The summed E-state index contributed by atoms with van der Waals surface area (Å²) in [6, 6.07) is 5.69. The van der Waals surface area contributed by atoms with Gasteiger partial charge in [-0.2, -0.15) is 15.6 Å². The monoisotopic (exact) mass is 441 g/mol. The molecule has 0 saturated heterocycles. The van der Waals surface area contributed by atoms with Crippen molar-refractivity contribution in [3.8, 4) is 5.75 Å². The summed E-state index contributed by atoms with van der Waals surface area (Å²) in [6.07, 6.45) is 0. The number of nitrogens with one attached hydrogen (secondary N) is 1. The smallest absolute Gasteiger partial charge is 0.335 e. The number of carbonyl (C=O) groups excluding carboxylic acids is 1. The first kappa shape index (κ1) is 22.1. The van der Waals surface area contributed by atoms with Crippen LogP contribution in [0.5, 0.6) is 5.75 Å². The topological polar surface area (TPSA) is 102 Å². The number of hydrogen-bond donors (Lipinski definition) is 2. The van der Waals surface area contributed by atoms with E-state index in [-0.39, 0.29) is 22.4 Å². The minimum atomic E-state index is -4.38. The summed E-state index contributed by atoms with van der Waals surface area (Å²) < 4.78 is 32.4. The Morgan fingerprint density at radius 1 is 1.32 bits per heavy atom. The predicted octanol–water partition coefficient (Wildman–Crippen LogP) is 3.05. The highest BCUT2D eigenvalue weighted by Gasteiger charge is 2.35. The van der Waals surface area contributed by atoms with Gasteiger partial charge in [0.25, 0.3) is 10.0 Å². The van der Waals surface area contributed by atoms with Gasteiger partial charge in [0, 0.05) is 12.5 Å². The zero-order chi connectivity index (χ0) is 21.1. The average molecular weight is 442 g/mol. The maximum absolute atomic E-state index is 13.3. The number of hydrogen-bond acceptors (Lipinski definition) is 6. The van der Waals surface area contributed by atoms with Gasteiger partial charge in [-0.15, -0.1) is 0 Å². The molecule has 0 bridgehead atoms. The third-order valence-electron chi connectivity index (χ3n) is 4.32. The van der Waals surface area contributed by atoms with Gasteiger partial charge in [-0.3, -0.25) is 0 Å². The quantitative estimate of drug-likeness (QED) is 0.668. The zero-order valence-electron chi connectivity index (χ0n) is 16.1. The third-order valence-corrected chi connectivity index (χ3v) is 7.23. The third kappa shape index (κ3) is 4.13. The number of benzene rings is 1. The fourth-order valence-corrected chi connectivity index (χ4v) is 5.30. The van der Waals surface area contributed by atoms with E-state index in [2.05, 4.69) is 5.32 Å². The molecule has 0 saturated carbocycles. The fraction of sp³-hybridized carbons (Fsp3) is 0.333. The number of nitrogens with two attached hydrogens (primary N) is 1. The second-order valence-corrected chi connectivity index (χ2v) is 9.32. The van der Waals surface area contributed by atoms with E-state index in [9.17, 15) is 13.2 Å². The number of amides is 2. The number of carbonyl (C=O) groups is 1. The van der Waals surface area contributed by atoms with Gasteiger partial charge in [0.05, 0.1) is 6.61 Å². The summed E-state index contributed by atoms with van der Waals surface area (Å²) in [5, 5.41) is 6.13. The number of nitrogens with zero attached hydrogens (tertiary/aromatic N) is 1. The molecule has 1 aromatic carbocycles. The molecule has 0 aliphatic carbocycles. The molecule has 1 heterocycles. The van der Waals surface area contributed by atoms with Crippen molar-refractivity contribution in [2.75, 3.05) is 13.7 Å². The number of thiophene rings is 1. The molecular weight excluding hydrogens is 418 g/mol. The van der Waals surface area contributed by atoms with Crippen LogP contribution in [0.1, 0.15) is 31.9 Å². The minimum absolute atomic E-state index is 0.123. The summed E-state index contributed by atoms with van der Waals surface area (Å²) in [4.78, 5) is 11.7. The highest BCUT2D eigenvalue weighted by atomic mass is 32.2. The van der Waals surface area contributed by atoms with Crippen LogP contribution in [0.3, 0.4) is 0 Å². The van der Waals surface area contributed by atoms with Crippen LogP contribution in [0.25, 0.3) is 0 Å². The van der Waals surface area contributed by atoms with Gasteiger partial charge in [0.1, 0.15) is 10.6 Å². The maximum atomic E-state index is 13.3. The summed E-state index contributed by atoms with van der Waals surface area (Å²) >= 11 is 6.54. The second-order valence-electron chi connectivity index (χ2n) is 6.39. The molecule has 0 fully saturated rings. The number of urea groups is 1. The Morgan fingerprint density at radius 2 is 2.00 bits per heavy atom. The van der Waals surface area contributed by atoms with Crippen molar-refractivity contribution in [3.63, 3.8) is 0 Å². The highest BCUT2D eigenvalue weighted by molar-refractivity contribution is 7.92. The lowest BCUT2D eigenvalue weighted by Crippen LogP contribution is -2.48. The lowest BCUT2D eigenvalue weighted by molar-refractivity contribution is 0.242. The Kier molecular flexibility index (Phi) is 6.68. The Morgan fingerprint density at radius 3 is 2.50 bits per heavy atom. The van der Waals surface area contributed by atoms with Crippen molar-refractivity contribution in [2.24, 2.45) is 5.73 Å². The summed E-state index contributed by atoms with van der Waals surface area (Å²) in [5.41, 5.74) is 6.63. The molecule has 1 aromatic heterocycles. The van der Waals surface area contributed by atoms with E-state index in [0.29, 0.717) is 4.31 Å². The molecule has 10 heteroatoms. The highest BCUT2D eigenvalue weighted by Crippen LogP contribution is 2.37. The Bertz CT molecular complexity index is 970. The van der Waals surface area contributed by atoms with E-state index >= 15 is 0 Å².